The fourth-order valence-corrected chi connectivity index (χ4v) is 6.23. The van der Waals surface area contributed by atoms with Crippen molar-refractivity contribution in [3.05, 3.63) is 10.9 Å². The lowest BCUT2D eigenvalue weighted by Crippen LogP contribution is -2.53. The maximum absolute atomic E-state index is 14.4. The summed E-state index contributed by atoms with van der Waals surface area (Å²) in [7, 11) is 0. The van der Waals surface area contributed by atoms with E-state index in [2.05, 4.69) is 25.1 Å². The number of carbonyl (C=O) groups is 2. The van der Waals surface area contributed by atoms with Gasteiger partial charge in [-0.25, -0.2) is 8.78 Å². The number of alkyl halides is 2. The predicted molar refractivity (Wildman–Crippen MR) is 112 cm³/mol. The highest BCUT2D eigenvalue weighted by Gasteiger charge is 2.45. The number of anilines is 1. The van der Waals surface area contributed by atoms with E-state index in [4.69, 9.17) is 5.73 Å². The molecule has 1 atom stereocenters. The molecule has 3 N–H and O–H groups in total. The first kappa shape index (κ1) is 21.3. The molecular weight excluding hydrogens is 476 g/mol. The predicted octanol–water partition coefficient (Wildman–Crippen LogP) is 2.19. The first-order chi connectivity index (χ1) is 14.3. The van der Waals surface area contributed by atoms with E-state index in [1.165, 1.54) is 28.0 Å². The minimum Gasteiger partial charge on any atom is -0.374 e. The SMILES string of the molecule is Nc1nnc(SCC(=O)N2CCC(F)(F)C(CNC(=O)c3csc4nnsc34)C2)s1. The van der Waals surface area contributed by atoms with E-state index in [1.54, 1.807) is 5.38 Å². The number of halogens is 2. The molecule has 0 radical (unpaired) electrons. The fraction of sp³-hybridized carbons (Fsp3) is 0.467. The molecule has 0 spiro atoms. The topological polar surface area (TPSA) is 127 Å². The quantitative estimate of drug-likeness (QED) is 0.503. The number of nitrogen functional groups attached to an aromatic ring is 1. The van der Waals surface area contributed by atoms with Gasteiger partial charge in [0.25, 0.3) is 11.8 Å². The van der Waals surface area contributed by atoms with Gasteiger partial charge in [0.2, 0.25) is 11.0 Å². The Balaban J connectivity index is 1.34. The van der Waals surface area contributed by atoms with Crippen molar-refractivity contribution in [1.29, 1.82) is 0 Å². The van der Waals surface area contributed by atoms with Crippen molar-refractivity contribution in [3.63, 3.8) is 0 Å². The third kappa shape index (κ3) is 4.53. The normalized spacial score (nSPS) is 18.6. The van der Waals surface area contributed by atoms with Gasteiger partial charge in [-0.05, 0) is 11.5 Å². The summed E-state index contributed by atoms with van der Waals surface area (Å²) in [4.78, 5) is 27.0. The van der Waals surface area contributed by atoms with Crippen LogP contribution in [0.25, 0.3) is 9.53 Å². The van der Waals surface area contributed by atoms with Gasteiger partial charge < -0.3 is 16.0 Å². The standard InChI is InChI=1S/C15H15F2N7O2S4/c16-15(17)1-2-24(9(25)6-28-14-22-21-13(18)29-14)4-7(15)3-19-11(26)8-5-27-12-10(8)30-23-20-12/h5,7H,1-4,6H2,(H2,18,21)(H,19,26). The zero-order chi connectivity index (χ0) is 21.3. The summed E-state index contributed by atoms with van der Waals surface area (Å²) in [5.74, 6) is -4.80. The van der Waals surface area contributed by atoms with Crippen molar-refractivity contribution in [2.24, 2.45) is 5.92 Å². The van der Waals surface area contributed by atoms with Gasteiger partial charge in [-0.2, -0.15) is 0 Å². The minimum absolute atomic E-state index is 0.0349. The number of likely N-dealkylation sites (tertiary alicyclic amines) is 1. The number of nitrogens with two attached hydrogens (primary N) is 1. The molecule has 3 aromatic heterocycles. The molecule has 1 aliphatic heterocycles. The molecule has 2 amide bonds. The van der Waals surface area contributed by atoms with Gasteiger partial charge in [0.1, 0.15) is 0 Å². The number of thioether (sulfide) groups is 1. The van der Waals surface area contributed by atoms with Crippen LogP contribution in [0.15, 0.2) is 9.72 Å². The van der Waals surface area contributed by atoms with Crippen molar-refractivity contribution >= 4 is 72.4 Å². The van der Waals surface area contributed by atoms with Gasteiger partial charge in [0.05, 0.1) is 21.9 Å². The van der Waals surface area contributed by atoms with Crippen LogP contribution in [0.2, 0.25) is 0 Å². The van der Waals surface area contributed by atoms with Crippen molar-refractivity contribution in [3.8, 4) is 0 Å². The Morgan fingerprint density at radius 1 is 1.37 bits per heavy atom. The molecule has 0 bridgehead atoms. The van der Waals surface area contributed by atoms with Gasteiger partial charge in [-0.1, -0.05) is 27.6 Å². The number of piperidine rings is 1. The summed E-state index contributed by atoms with van der Waals surface area (Å²) < 4.78 is 33.8. The van der Waals surface area contributed by atoms with Crippen LogP contribution in [0.4, 0.5) is 13.9 Å². The molecule has 160 valence electrons. The molecule has 4 rings (SSSR count). The van der Waals surface area contributed by atoms with Crippen molar-refractivity contribution in [1.82, 2.24) is 30.0 Å². The van der Waals surface area contributed by atoms with Crippen molar-refractivity contribution < 1.29 is 18.4 Å². The average molecular weight is 492 g/mol. The van der Waals surface area contributed by atoms with Gasteiger partial charge >= 0.3 is 0 Å². The number of aromatic nitrogens is 4. The average Bonchev–Trinajstić information content (AvgIpc) is 3.41. The second-order valence-corrected chi connectivity index (χ2v) is 10.4. The second kappa shape index (κ2) is 8.64. The molecule has 0 saturated carbocycles. The maximum Gasteiger partial charge on any atom is 0.255 e. The van der Waals surface area contributed by atoms with Crippen LogP contribution in [0, 0.1) is 5.92 Å². The third-order valence-electron chi connectivity index (χ3n) is 4.59. The van der Waals surface area contributed by atoms with Crippen molar-refractivity contribution in [2.75, 3.05) is 31.1 Å². The van der Waals surface area contributed by atoms with Crippen LogP contribution >= 0.6 is 46.0 Å². The molecule has 1 aliphatic rings. The lowest BCUT2D eigenvalue weighted by atomic mass is 9.93. The highest BCUT2D eigenvalue weighted by atomic mass is 32.2. The molecular formula is C15H15F2N7O2S4. The number of hydrogen-bond acceptors (Lipinski definition) is 11. The van der Waals surface area contributed by atoms with E-state index in [-0.39, 0.29) is 31.3 Å². The number of carbonyl (C=O) groups excluding carboxylic acids is 2. The number of rotatable bonds is 6. The number of fused-ring (bicyclic) bond motifs is 1. The van der Waals surface area contributed by atoms with Gasteiger partial charge in [0.15, 0.2) is 9.17 Å². The number of hydrogen-bond donors (Lipinski definition) is 2. The van der Waals surface area contributed by atoms with Crippen LogP contribution < -0.4 is 11.1 Å². The summed E-state index contributed by atoms with van der Waals surface area (Å²) in [5.41, 5.74) is 5.89. The van der Waals surface area contributed by atoms with E-state index in [1.807, 2.05) is 0 Å². The molecule has 1 unspecified atom stereocenters. The summed E-state index contributed by atoms with van der Waals surface area (Å²) in [5, 5.41) is 15.9. The van der Waals surface area contributed by atoms with E-state index in [9.17, 15) is 18.4 Å². The van der Waals surface area contributed by atoms with Crippen LogP contribution in [0.1, 0.15) is 16.8 Å². The summed E-state index contributed by atoms with van der Waals surface area (Å²) in [6, 6.07) is 0. The summed E-state index contributed by atoms with van der Waals surface area (Å²) in [6.45, 7) is -0.405. The first-order valence-electron chi connectivity index (χ1n) is 8.68. The zero-order valence-electron chi connectivity index (χ0n) is 15.2. The van der Waals surface area contributed by atoms with E-state index >= 15 is 0 Å². The number of thiophene rings is 1. The summed E-state index contributed by atoms with van der Waals surface area (Å²) in [6.07, 6.45) is -0.447. The molecule has 1 fully saturated rings. The molecule has 9 nitrogen and oxygen atoms in total. The molecule has 1 saturated heterocycles. The Morgan fingerprint density at radius 2 is 2.20 bits per heavy atom. The Bertz CT molecular complexity index is 1070. The fourth-order valence-electron chi connectivity index (χ4n) is 2.97. The lowest BCUT2D eigenvalue weighted by Gasteiger charge is -2.38. The number of nitrogens with one attached hydrogen (secondary N) is 1. The Kier molecular flexibility index (Phi) is 6.13. The van der Waals surface area contributed by atoms with Crippen LogP contribution in [-0.2, 0) is 4.79 Å². The number of nitrogens with zero attached hydrogens (tertiary/aromatic N) is 5. The zero-order valence-corrected chi connectivity index (χ0v) is 18.5. The molecule has 3 aromatic rings. The van der Waals surface area contributed by atoms with Gasteiger partial charge in [0, 0.05) is 31.4 Å². The van der Waals surface area contributed by atoms with Crippen LogP contribution in [0.3, 0.4) is 0 Å². The van der Waals surface area contributed by atoms with E-state index < -0.39 is 24.2 Å². The van der Waals surface area contributed by atoms with Crippen LogP contribution in [0.5, 0.6) is 0 Å². The Hall–Kier alpha value is -1.97. The highest BCUT2D eigenvalue weighted by Crippen LogP contribution is 2.34. The molecule has 30 heavy (non-hydrogen) atoms. The van der Waals surface area contributed by atoms with E-state index in [0.29, 0.717) is 24.6 Å². The minimum atomic E-state index is -2.97. The molecule has 15 heteroatoms. The largest absolute Gasteiger partial charge is 0.374 e. The molecule has 0 aromatic carbocycles. The monoisotopic (exact) mass is 491 g/mol. The number of amides is 2. The molecule has 4 heterocycles. The Labute approximate surface area is 185 Å². The van der Waals surface area contributed by atoms with E-state index in [0.717, 1.165) is 22.9 Å². The van der Waals surface area contributed by atoms with Crippen molar-refractivity contribution in [2.45, 2.75) is 16.7 Å². The molecule has 0 aliphatic carbocycles. The van der Waals surface area contributed by atoms with Crippen LogP contribution in [-0.4, -0.2) is 67.8 Å². The maximum atomic E-state index is 14.4. The Morgan fingerprint density at radius 3 is 2.97 bits per heavy atom. The lowest BCUT2D eigenvalue weighted by molar-refractivity contribution is -0.142. The highest BCUT2D eigenvalue weighted by molar-refractivity contribution is 8.01. The van der Waals surface area contributed by atoms with Gasteiger partial charge in [-0.3, -0.25) is 9.59 Å². The van der Waals surface area contributed by atoms with Gasteiger partial charge in [-0.15, -0.1) is 26.6 Å². The second-order valence-electron chi connectivity index (χ2n) is 6.51. The first-order valence-corrected chi connectivity index (χ1v) is 12.1. The smallest absolute Gasteiger partial charge is 0.255 e. The third-order valence-corrected chi connectivity index (χ3v) is 8.21. The summed E-state index contributed by atoms with van der Waals surface area (Å²) >= 11 is 4.69.